The molecular formula is C15H24BrFSSi. The molecule has 1 rings (SSSR count). The number of hydrogen-bond donors (Lipinski definition) is 0. The fourth-order valence-corrected chi connectivity index (χ4v) is 12.6. The van der Waals surface area contributed by atoms with Crippen molar-refractivity contribution < 1.29 is 4.39 Å². The Morgan fingerprint density at radius 2 is 1.47 bits per heavy atom. The zero-order valence-electron chi connectivity index (χ0n) is 12.6. The molecule has 0 saturated carbocycles. The molecule has 108 valence electrons. The van der Waals surface area contributed by atoms with E-state index in [1.54, 1.807) is 6.07 Å². The van der Waals surface area contributed by atoms with E-state index in [0.29, 0.717) is 16.6 Å². The summed E-state index contributed by atoms with van der Waals surface area (Å²) in [5.74, 6) is -0.0989. The summed E-state index contributed by atoms with van der Waals surface area (Å²) < 4.78 is 14.9. The Labute approximate surface area is 130 Å². The third-order valence-corrected chi connectivity index (χ3v) is 16.7. The first-order chi connectivity index (χ1) is 8.71. The molecule has 1 aromatic rings. The van der Waals surface area contributed by atoms with E-state index in [0.717, 1.165) is 9.37 Å². The maximum Gasteiger partial charge on any atom is 0.137 e. The molecule has 0 aliphatic carbocycles. The van der Waals surface area contributed by atoms with Gasteiger partial charge in [0.25, 0.3) is 0 Å². The van der Waals surface area contributed by atoms with Crippen LogP contribution in [0.1, 0.15) is 41.5 Å². The van der Waals surface area contributed by atoms with Crippen molar-refractivity contribution in [3.05, 3.63) is 28.5 Å². The summed E-state index contributed by atoms with van der Waals surface area (Å²) in [6.07, 6.45) is 0. The third-order valence-electron chi connectivity index (χ3n) is 3.89. The standard InChI is InChI=1S/C15H24BrFSSi/c1-10(2)19(11(3)4,12(5)6)18-15-8-7-13(16)9-14(15)17/h7-12H,1-6H3. The molecule has 0 unspecified atom stereocenters. The Morgan fingerprint density at radius 3 is 1.84 bits per heavy atom. The van der Waals surface area contributed by atoms with Gasteiger partial charge in [0.05, 0.1) is 0 Å². The van der Waals surface area contributed by atoms with E-state index >= 15 is 0 Å². The molecule has 0 aliphatic rings. The first-order valence-corrected chi connectivity index (χ1v) is 11.4. The van der Waals surface area contributed by atoms with E-state index in [4.69, 9.17) is 0 Å². The number of halogens is 2. The minimum Gasteiger partial charge on any atom is -0.206 e. The van der Waals surface area contributed by atoms with Crippen molar-refractivity contribution in [1.82, 2.24) is 0 Å². The van der Waals surface area contributed by atoms with E-state index in [1.807, 2.05) is 23.3 Å². The zero-order valence-corrected chi connectivity index (χ0v) is 16.0. The van der Waals surface area contributed by atoms with Gasteiger partial charge in [0.1, 0.15) is 13.0 Å². The average Bonchev–Trinajstić information content (AvgIpc) is 2.26. The van der Waals surface area contributed by atoms with Crippen molar-refractivity contribution in [2.75, 3.05) is 0 Å². The highest BCUT2D eigenvalue weighted by atomic mass is 79.9. The summed E-state index contributed by atoms with van der Waals surface area (Å²) in [7, 11) is -1.66. The van der Waals surface area contributed by atoms with Gasteiger partial charge in [0.2, 0.25) is 0 Å². The van der Waals surface area contributed by atoms with Crippen LogP contribution in [0.5, 0.6) is 0 Å². The van der Waals surface area contributed by atoms with E-state index < -0.39 is 7.22 Å². The van der Waals surface area contributed by atoms with Gasteiger partial charge in [-0.05, 0) is 34.8 Å². The topological polar surface area (TPSA) is 0 Å². The SMILES string of the molecule is CC(C)[Si](Sc1ccc(Br)cc1F)(C(C)C)C(C)C. The quantitative estimate of drug-likeness (QED) is 0.515. The molecule has 0 heterocycles. The van der Waals surface area contributed by atoms with Crippen molar-refractivity contribution >= 4 is 34.4 Å². The molecule has 0 nitrogen and oxygen atoms in total. The molecule has 0 amide bonds. The molecule has 19 heavy (non-hydrogen) atoms. The van der Waals surface area contributed by atoms with Gasteiger partial charge < -0.3 is 0 Å². The molecule has 0 bridgehead atoms. The minimum absolute atomic E-state index is 0.0989. The van der Waals surface area contributed by atoms with Gasteiger partial charge in [-0.2, -0.15) is 0 Å². The van der Waals surface area contributed by atoms with Crippen molar-refractivity contribution in [1.29, 1.82) is 0 Å². The second-order valence-electron chi connectivity index (χ2n) is 5.99. The van der Waals surface area contributed by atoms with Crippen LogP contribution in [0.15, 0.2) is 27.6 Å². The second-order valence-corrected chi connectivity index (χ2v) is 15.5. The van der Waals surface area contributed by atoms with Crippen LogP contribution in [-0.2, 0) is 0 Å². The fraction of sp³-hybridized carbons (Fsp3) is 0.600. The molecule has 0 atom stereocenters. The molecule has 0 spiro atoms. The molecule has 0 saturated heterocycles. The molecule has 4 heteroatoms. The van der Waals surface area contributed by atoms with Crippen LogP contribution in [0.3, 0.4) is 0 Å². The summed E-state index contributed by atoms with van der Waals surface area (Å²) in [5.41, 5.74) is 1.88. The van der Waals surface area contributed by atoms with Gasteiger partial charge in [-0.25, -0.2) is 4.39 Å². The normalized spacial score (nSPS) is 12.8. The highest BCUT2D eigenvalue weighted by Gasteiger charge is 2.44. The maximum atomic E-state index is 14.1. The predicted octanol–water partition coefficient (Wildman–Crippen LogP) is 6.86. The Bertz CT molecular complexity index is 410. The lowest BCUT2D eigenvalue weighted by atomic mass is 10.3. The maximum absolute atomic E-state index is 14.1. The van der Waals surface area contributed by atoms with E-state index in [2.05, 4.69) is 57.5 Å². The molecule has 0 aliphatic heterocycles. The molecule has 0 aromatic heterocycles. The second kappa shape index (κ2) is 6.77. The Balaban J connectivity index is 3.21. The van der Waals surface area contributed by atoms with Crippen molar-refractivity contribution in [3.8, 4) is 0 Å². The zero-order chi connectivity index (χ0) is 14.8. The largest absolute Gasteiger partial charge is 0.206 e. The summed E-state index contributed by atoms with van der Waals surface area (Å²) >= 11 is 5.16. The fourth-order valence-electron chi connectivity index (χ4n) is 3.10. The third kappa shape index (κ3) is 3.64. The molecule has 0 radical (unpaired) electrons. The number of rotatable bonds is 5. The smallest absolute Gasteiger partial charge is 0.137 e. The van der Waals surface area contributed by atoms with Crippen LogP contribution >= 0.6 is 27.1 Å². The summed E-state index contributed by atoms with van der Waals surface area (Å²) in [6, 6.07) is 5.42. The number of hydrogen-bond acceptors (Lipinski definition) is 1. The first-order valence-electron chi connectivity index (χ1n) is 6.85. The lowest BCUT2D eigenvalue weighted by Crippen LogP contribution is -2.41. The van der Waals surface area contributed by atoms with Crippen LogP contribution in [0, 0.1) is 5.82 Å². The van der Waals surface area contributed by atoms with Crippen molar-refractivity contribution in [2.24, 2.45) is 0 Å². The van der Waals surface area contributed by atoms with Crippen LogP contribution in [-0.4, -0.2) is 7.22 Å². The highest BCUT2D eigenvalue weighted by Crippen LogP contribution is 2.52. The van der Waals surface area contributed by atoms with Gasteiger partial charge in [0, 0.05) is 9.37 Å². The summed E-state index contributed by atoms with van der Waals surface area (Å²) in [4.78, 5) is 0.811. The lowest BCUT2D eigenvalue weighted by Gasteiger charge is -2.42. The van der Waals surface area contributed by atoms with Crippen molar-refractivity contribution in [3.63, 3.8) is 0 Å². The molecular weight excluding hydrogens is 339 g/mol. The molecule has 0 N–H and O–H groups in total. The first kappa shape index (κ1) is 17.2. The summed E-state index contributed by atoms with van der Waals surface area (Å²) in [5, 5.41) is 0. The van der Waals surface area contributed by atoms with Gasteiger partial charge in [-0.3, -0.25) is 0 Å². The number of benzene rings is 1. The Hall–Kier alpha value is 0.197. The lowest BCUT2D eigenvalue weighted by molar-refractivity contribution is 0.601. The van der Waals surface area contributed by atoms with Crippen LogP contribution in [0.25, 0.3) is 0 Å². The summed E-state index contributed by atoms with van der Waals surface area (Å²) in [6.45, 7) is 13.8. The average molecular weight is 363 g/mol. The molecule has 1 aromatic carbocycles. The van der Waals surface area contributed by atoms with Gasteiger partial charge in [-0.1, -0.05) is 57.5 Å². The Kier molecular flexibility index (Phi) is 6.14. The van der Waals surface area contributed by atoms with E-state index in [9.17, 15) is 4.39 Å². The molecule has 0 fully saturated rings. The van der Waals surface area contributed by atoms with Gasteiger partial charge in [-0.15, -0.1) is 11.2 Å². The Morgan fingerprint density at radius 1 is 1.00 bits per heavy atom. The minimum atomic E-state index is -1.66. The van der Waals surface area contributed by atoms with Crippen LogP contribution in [0.4, 0.5) is 4.39 Å². The van der Waals surface area contributed by atoms with Crippen LogP contribution < -0.4 is 0 Å². The van der Waals surface area contributed by atoms with Gasteiger partial charge in [0.15, 0.2) is 0 Å². The van der Waals surface area contributed by atoms with Crippen LogP contribution in [0.2, 0.25) is 16.6 Å². The van der Waals surface area contributed by atoms with Crippen molar-refractivity contribution in [2.45, 2.75) is 63.1 Å². The highest BCUT2D eigenvalue weighted by molar-refractivity contribution is 9.10. The van der Waals surface area contributed by atoms with Gasteiger partial charge >= 0.3 is 0 Å². The van der Waals surface area contributed by atoms with E-state index in [1.165, 1.54) is 0 Å². The monoisotopic (exact) mass is 362 g/mol. The predicted molar refractivity (Wildman–Crippen MR) is 91.0 cm³/mol. The van der Waals surface area contributed by atoms with E-state index in [-0.39, 0.29) is 5.82 Å².